The van der Waals surface area contributed by atoms with Crippen molar-refractivity contribution < 1.29 is 9.53 Å². The Bertz CT molecular complexity index is 945. The van der Waals surface area contributed by atoms with Crippen molar-refractivity contribution in [2.75, 3.05) is 6.54 Å². The van der Waals surface area contributed by atoms with E-state index >= 15 is 0 Å². The summed E-state index contributed by atoms with van der Waals surface area (Å²) in [6.07, 6.45) is 3.42. The molecule has 1 aliphatic rings. The quantitative estimate of drug-likeness (QED) is 0.647. The highest BCUT2D eigenvalue weighted by Gasteiger charge is 2.33. The Morgan fingerprint density at radius 1 is 1.07 bits per heavy atom. The van der Waals surface area contributed by atoms with Crippen LogP contribution in [-0.2, 0) is 11.3 Å². The summed E-state index contributed by atoms with van der Waals surface area (Å²) in [5.74, 6) is 0.898. The van der Waals surface area contributed by atoms with Gasteiger partial charge < -0.3 is 14.2 Å². The molecular weight excluding hydrogens is 350 g/mol. The third kappa shape index (κ3) is 3.52. The predicted molar refractivity (Wildman–Crippen MR) is 108 cm³/mol. The molecule has 3 heterocycles. The summed E-state index contributed by atoms with van der Waals surface area (Å²) in [7, 11) is 0. The van der Waals surface area contributed by atoms with Gasteiger partial charge in [-0.15, -0.1) is 0 Å². The van der Waals surface area contributed by atoms with Gasteiger partial charge >= 0.3 is 6.09 Å². The van der Waals surface area contributed by atoms with Crippen molar-refractivity contribution in [2.24, 2.45) is 0 Å². The molecule has 0 unspecified atom stereocenters. The highest BCUT2D eigenvalue weighted by Crippen LogP contribution is 2.35. The minimum absolute atomic E-state index is 0.0202. The molecule has 2 aromatic heterocycles. The van der Waals surface area contributed by atoms with E-state index in [1.54, 1.807) is 0 Å². The Morgan fingerprint density at radius 2 is 1.82 bits per heavy atom. The highest BCUT2D eigenvalue weighted by atomic mass is 16.6. The fourth-order valence-corrected chi connectivity index (χ4v) is 3.97. The SMILES string of the molecule is Cc1ccc(C)n1-c1ncccc1[C@@H]1CCCN1C(=O)OCc1ccccc1. The number of aryl methyl sites for hydroxylation is 2. The first-order valence-electron chi connectivity index (χ1n) is 9.72. The summed E-state index contributed by atoms with van der Waals surface area (Å²) in [5, 5.41) is 0. The number of rotatable bonds is 4. The van der Waals surface area contributed by atoms with Crippen molar-refractivity contribution in [3.63, 3.8) is 0 Å². The molecule has 0 aliphatic carbocycles. The molecule has 3 aromatic rings. The molecule has 5 heteroatoms. The lowest BCUT2D eigenvalue weighted by Gasteiger charge is -2.26. The van der Waals surface area contributed by atoms with Crippen LogP contribution in [0.4, 0.5) is 4.79 Å². The fraction of sp³-hybridized carbons (Fsp3) is 0.304. The number of hydrogen-bond donors (Lipinski definition) is 0. The lowest BCUT2D eigenvalue weighted by atomic mass is 10.1. The van der Waals surface area contributed by atoms with Gasteiger partial charge in [0.25, 0.3) is 0 Å². The smallest absolute Gasteiger partial charge is 0.410 e. The number of carbonyl (C=O) groups is 1. The van der Waals surface area contributed by atoms with Crippen molar-refractivity contribution in [2.45, 2.75) is 39.3 Å². The highest BCUT2D eigenvalue weighted by molar-refractivity contribution is 5.69. The minimum atomic E-state index is -0.262. The van der Waals surface area contributed by atoms with Crippen LogP contribution < -0.4 is 0 Å². The monoisotopic (exact) mass is 375 g/mol. The topological polar surface area (TPSA) is 47.4 Å². The van der Waals surface area contributed by atoms with Gasteiger partial charge in [0.15, 0.2) is 0 Å². The molecule has 0 saturated carbocycles. The maximum atomic E-state index is 12.8. The van der Waals surface area contributed by atoms with Crippen LogP contribution in [0.1, 0.15) is 41.4 Å². The standard InChI is InChI=1S/C23H25N3O2/c1-17-12-13-18(2)26(17)22-20(10-6-14-24-22)21-11-7-15-25(21)23(27)28-16-19-8-4-3-5-9-19/h3-6,8-10,12-14,21H,7,11,15-16H2,1-2H3/t21-/m0/s1. The van der Waals surface area contributed by atoms with Gasteiger partial charge in [0.05, 0.1) is 6.04 Å². The zero-order valence-electron chi connectivity index (χ0n) is 16.3. The first-order valence-corrected chi connectivity index (χ1v) is 9.72. The molecule has 5 nitrogen and oxygen atoms in total. The summed E-state index contributed by atoms with van der Waals surface area (Å²) in [5.41, 5.74) is 4.33. The van der Waals surface area contributed by atoms with E-state index in [1.165, 1.54) is 0 Å². The number of aromatic nitrogens is 2. The van der Waals surface area contributed by atoms with E-state index in [4.69, 9.17) is 4.74 Å². The Hall–Kier alpha value is -3.08. The van der Waals surface area contributed by atoms with E-state index in [2.05, 4.69) is 41.6 Å². The Labute approximate surface area is 165 Å². The van der Waals surface area contributed by atoms with Crippen LogP contribution in [-0.4, -0.2) is 27.1 Å². The van der Waals surface area contributed by atoms with Crippen LogP contribution in [0.5, 0.6) is 0 Å². The van der Waals surface area contributed by atoms with Crippen LogP contribution in [0, 0.1) is 13.8 Å². The lowest BCUT2D eigenvalue weighted by molar-refractivity contribution is 0.0920. The molecule has 0 spiro atoms. The summed E-state index contributed by atoms with van der Waals surface area (Å²) in [6, 6.07) is 18.0. The third-order valence-electron chi connectivity index (χ3n) is 5.35. The third-order valence-corrected chi connectivity index (χ3v) is 5.35. The average Bonchev–Trinajstić information content (AvgIpc) is 3.34. The van der Waals surface area contributed by atoms with Crippen molar-refractivity contribution in [1.82, 2.24) is 14.5 Å². The molecule has 1 saturated heterocycles. The van der Waals surface area contributed by atoms with Gasteiger partial charge in [-0.2, -0.15) is 0 Å². The van der Waals surface area contributed by atoms with Gasteiger partial charge in [-0.3, -0.25) is 0 Å². The molecule has 0 bridgehead atoms. The largest absolute Gasteiger partial charge is 0.445 e. The van der Waals surface area contributed by atoms with Crippen molar-refractivity contribution >= 4 is 6.09 Å². The first kappa shape index (κ1) is 18.3. The van der Waals surface area contributed by atoms with Gasteiger partial charge in [0.1, 0.15) is 12.4 Å². The van der Waals surface area contributed by atoms with Gasteiger partial charge in [0, 0.05) is 29.7 Å². The molecule has 1 fully saturated rings. The second-order valence-corrected chi connectivity index (χ2v) is 7.26. The zero-order valence-corrected chi connectivity index (χ0v) is 16.3. The van der Waals surface area contributed by atoms with E-state index in [9.17, 15) is 4.79 Å². The number of likely N-dealkylation sites (tertiary alicyclic amines) is 1. The molecule has 1 aromatic carbocycles. The molecule has 144 valence electrons. The second kappa shape index (κ2) is 7.89. The van der Waals surface area contributed by atoms with Crippen LogP contribution in [0.2, 0.25) is 0 Å². The molecule has 0 N–H and O–H groups in total. The maximum absolute atomic E-state index is 12.8. The number of benzene rings is 1. The van der Waals surface area contributed by atoms with Crippen LogP contribution >= 0.6 is 0 Å². The number of carbonyl (C=O) groups excluding carboxylic acids is 1. The number of ether oxygens (including phenoxy) is 1. The molecule has 4 rings (SSSR count). The molecule has 1 aliphatic heterocycles. The number of nitrogens with zero attached hydrogens (tertiary/aromatic N) is 3. The molecular formula is C23H25N3O2. The summed E-state index contributed by atoms with van der Waals surface area (Å²) < 4.78 is 7.76. The minimum Gasteiger partial charge on any atom is -0.445 e. The Balaban J connectivity index is 1.58. The van der Waals surface area contributed by atoms with Crippen molar-refractivity contribution in [3.05, 3.63) is 83.3 Å². The molecule has 1 atom stereocenters. The van der Waals surface area contributed by atoms with Crippen molar-refractivity contribution in [3.8, 4) is 5.82 Å². The van der Waals surface area contributed by atoms with Crippen LogP contribution in [0.25, 0.3) is 5.82 Å². The lowest BCUT2D eigenvalue weighted by Crippen LogP contribution is -2.31. The van der Waals surface area contributed by atoms with Gasteiger partial charge in [-0.1, -0.05) is 36.4 Å². The summed E-state index contributed by atoms with van der Waals surface area (Å²) in [6.45, 7) is 5.15. The van der Waals surface area contributed by atoms with E-state index in [-0.39, 0.29) is 12.1 Å². The van der Waals surface area contributed by atoms with Gasteiger partial charge in [-0.25, -0.2) is 9.78 Å². The van der Waals surface area contributed by atoms with E-state index < -0.39 is 0 Å². The van der Waals surface area contributed by atoms with E-state index in [0.29, 0.717) is 13.2 Å². The van der Waals surface area contributed by atoms with E-state index in [1.807, 2.05) is 47.5 Å². The second-order valence-electron chi connectivity index (χ2n) is 7.26. The van der Waals surface area contributed by atoms with Gasteiger partial charge in [-0.05, 0) is 50.5 Å². The normalized spacial score (nSPS) is 16.4. The summed E-state index contributed by atoms with van der Waals surface area (Å²) >= 11 is 0. The van der Waals surface area contributed by atoms with Gasteiger partial charge in [0.2, 0.25) is 0 Å². The average molecular weight is 375 g/mol. The predicted octanol–water partition coefficient (Wildman–Crippen LogP) is 4.96. The Kier molecular flexibility index (Phi) is 5.15. The van der Waals surface area contributed by atoms with Crippen LogP contribution in [0.15, 0.2) is 60.8 Å². The fourth-order valence-electron chi connectivity index (χ4n) is 3.97. The van der Waals surface area contributed by atoms with Crippen LogP contribution in [0.3, 0.4) is 0 Å². The zero-order chi connectivity index (χ0) is 19.5. The van der Waals surface area contributed by atoms with Crippen molar-refractivity contribution in [1.29, 1.82) is 0 Å². The first-order chi connectivity index (χ1) is 13.6. The number of hydrogen-bond acceptors (Lipinski definition) is 3. The Morgan fingerprint density at radius 3 is 2.57 bits per heavy atom. The number of amides is 1. The molecule has 0 radical (unpaired) electrons. The molecule has 1 amide bonds. The molecule has 28 heavy (non-hydrogen) atoms. The summed E-state index contributed by atoms with van der Waals surface area (Å²) in [4.78, 5) is 19.3. The van der Waals surface area contributed by atoms with E-state index in [0.717, 1.165) is 41.2 Å². The maximum Gasteiger partial charge on any atom is 0.410 e. The number of pyridine rings is 1.